The molecule has 1 saturated heterocycles. The van der Waals surface area contributed by atoms with Crippen LogP contribution >= 0.6 is 11.6 Å². The van der Waals surface area contributed by atoms with Gasteiger partial charge in [-0.25, -0.2) is 0 Å². The topological polar surface area (TPSA) is 115 Å². The van der Waals surface area contributed by atoms with Crippen LogP contribution in [0.25, 0.3) is 5.76 Å². The second-order valence-electron chi connectivity index (χ2n) is 18.1. The minimum Gasteiger partial charge on any atom is -0.507 e. The van der Waals surface area contributed by atoms with Crippen molar-refractivity contribution < 1.29 is 33.1 Å². The highest BCUT2D eigenvalue weighted by Crippen LogP contribution is 2.59. The van der Waals surface area contributed by atoms with E-state index in [1.54, 1.807) is 0 Å². The van der Waals surface area contributed by atoms with Crippen LogP contribution in [0, 0.1) is 11.8 Å². The van der Waals surface area contributed by atoms with E-state index in [1.807, 2.05) is 98.8 Å². The van der Waals surface area contributed by atoms with E-state index < -0.39 is 43.4 Å². The van der Waals surface area contributed by atoms with Gasteiger partial charge in [-0.3, -0.25) is 19.4 Å². The Labute approximate surface area is 347 Å². The van der Waals surface area contributed by atoms with Crippen LogP contribution in [-0.4, -0.2) is 72.7 Å². The number of ether oxygens (including phenoxy) is 2. The molecular weight excluding hydrogens is 770 g/mol. The molecule has 1 aromatic heterocycles. The average molecular weight is 824 g/mol. The second kappa shape index (κ2) is 15.4. The molecular formula is C46H54ClN3O7Si. The van der Waals surface area contributed by atoms with E-state index in [-0.39, 0.29) is 41.0 Å². The first-order chi connectivity index (χ1) is 27.6. The number of rotatable bonds is 11. The lowest BCUT2D eigenvalue weighted by Gasteiger charge is -2.55. The number of carbonyl (C=O) groups is 2. The molecule has 3 aromatic carbocycles. The van der Waals surface area contributed by atoms with Crippen molar-refractivity contribution >= 4 is 37.2 Å². The molecule has 0 amide bonds. The molecule has 4 atom stereocenters. The van der Waals surface area contributed by atoms with Gasteiger partial charge >= 0.3 is 0 Å². The number of aliphatic hydroxyl groups excluding tert-OH is 1. The van der Waals surface area contributed by atoms with Crippen molar-refractivity contribution in [2.24, 2.45) is 11.8 Å². The molecule has 4 aliphatic rings. The van der Waals surface area contributed by atoms with E-state index in [0.717, 1.165) is 48.2 Å². The molecule has 4 aromatic rings. The van der Waals surface area contributed by atoms with Crippen LogP contribution in [-0.2, 0) is 35.4 Å². The Morgan fingerprint density at radius 1 is 0.948 bits per heavy atom. The third kappa shape index (κ3) is 6.92. The number of Topliss-reactive ketones (excluding diaryl/α,β-unsaturated/α-hetero) is 2. The number of nitrogens with zero attached hydrogens (tertiary/aromatic N) is 3. The molecule has 0 radical (unpaired) electrons. The third-order valence-electron chi connectivity index (χ3n) is 13.1. The van der Waals surface area contributed by atoms with Crippen LogP contribution in [0.5, 0.6) is 11.6 Å². The minimum absolute atomic E-state index is 0.0170. The molecule has 1 N–H and O–H groups in total. The van der Waals surface area contributed by atoms with Gasteiger partial charge in [-0.05, 0) is 110 Å². The number of aromatic nitrogens is 1. The maximum Gasteiger partial charge on any atom is 0.265 e. The predicted molar refractivity (Wildman–Crippen MR) is 226 cm³/mol. The van der Waals surface area contributed by atoms with Gasteiger partial charge in [0.05, 0.1) is 11.6 Å². The standard InChI is InChI=1S/C46H54ClN3O7Si/c1-45(2,3)58(6,7)57-46-33(39(49(4)5)41-37(43(46)53)44(48-56-41)55-27-29-18-12-9-13-19-29)23-30-22-32-36(40(51)35(30)42(46)52)34(54-26-28-16-10-8-11-17-28)24-31(38(32)47)25-50-20-14-15-21-50/h8-13,16-19,24,30,33,39,51H,14-15,20-23,25-27H2,1-7H3/t30-,33-,39-,46-/m0/s1. The van der Waals surface area contributed by atoms with Crippen LogP contribution in [0.3, 0.4) is 0 Å². The molecule has 10 nitrogen and oxygen atoms in total. The molecule has 2 fully saturated rings. The summed E-state index contributed by atoms with van der Waals surface area (Å²) >= 11 is 7.36. The van der Waals surface area contributed by atoms with Crippen LogP contribution in [0.15, 0.2) is 76.8 Å². The van der Waals surface area contributed by atoms with Gasteiger partial charge in [-0.2, -0.15) is 0 Å². The van der Waals surface area contributed by atoms with E-state index in [2.05, 4.69) is 30.8 Å². The summed E-state index contributed by atoms with van der Waals surface area (Å²) in [6.07, 6.45) is 3.00. The molecule has 8 rings (SSSR count). The van der Waals surface area contributed by atoms with Crippen LogP contribution in [0.1, 0.15) is 90.0 Å². The maximum atomic E-state index is 15.9. The summed E-state index contributed by atoms with van der Waals surface area (Å²) in [5.74, 6) is -1.62. The SMILES string of the molecule is CN(C)[C@@H]1c2onc(OCc3ccccc3)c2C(=O)[C@@]2(O[Si](C)(C)C(C)(C)C)C(=O)C3=C(O)c4c(OCc5ccccc5)cc(CN5CCCC5)c(Cl)c4C[C@H]3C[C@@H]12. The molecule has 1 saturated carbocycles. The van der Waals surface area contributed by atoms with Gasteiger partial charge in [0.25, 0.3) is 5.88 Å². The van der Waals surface area contributed by atoms with E-state index in [0.29, 0.717) is 41.5 Å². The summed E-state index contributed by atoms with van der Waals surface area (Å²) < 4.78 is 26.1. The van der Waals surface area contributed by atoms with Crippen molar-refractivity contribution in [3.63, 3.8) is 0 Å². The van der Waals surface area contributed by atoms with Crippen molar-refractivity contribution in [2.75, 3.05) is 27.2 Å². The molecule has 12 heteroatoms. The maximum absolute atomic E-state index is 15.9. The lowest BCUT2D eigenvalue weighted by atomic mass is 9.57. The zero-order valence-corrected chi connectivity index (χ0v) is 36.3. The normalized spacial score (nSPS) is 23.4. The second-order valence-corrected chi connectivity index (χ2v) is 23.2. The van der Waals surface area contributed by atoms with E-state index in [1.165, 1.54) is 0 Å². The summed E-state index contributed by atoms with van der Waals surface area (Å²) in [6.45, 7) is 13.4. The summed E-state index contributed by atoms with van der Waals surface area (Å²) in [7, 11) is 0.925. The fourth-order valence-corrected chi connectivity index (χ4v) is 10.9. The summed E-state index contributed by atoms with van der Waals surface area (Å²) in [4.78, 5) is 35.8. The monoisotopic (exact) mass is 823 g/mol. The summed E-state index contributed by atoms with van der Waals surface area (Å²) in [5.41, 5.74) is 2.20. The highest BCUT2D eigenvalue weighted by Gasteiger charge is 2.69. The van der Waals surface area contributed by atoms with Crippen molar-refractivity contribution in [3.8, 4) is 11.6 Å². The molecule has 1 aliphatic heterocycles. The van der Waals surface area contributed by atoms with Gasteiger partial charge in [0, 0.05) is 23.1 Å². The Hall–Kier alpha value is -4.26. The molecule has 58 heavy (non-hydrogen) atoms. The molecule has 2 heterocycles. The lowest BCUT2D eigenvalue weighted by Crippen LogP contribution is -2.68. The molecule has 306 valence electrons. The van der Waals surface area contributed by atoms with Crippen molar-refractivity contribution in [1.82, 2.24) is 15.0 Å². The Morgan fingerprint density at radius 3 is 2.17 bits per heavy atom. The van der Waals surface area contributed by atoms with E-state index in [9.17, 15) is 5.11 Å². The molecule has 0 spiro atoms. The largest absolute Gasteiger partial charge is 0.507 e. The van der Waals surface area contributed by atoms with Crippen molar-refractivity contribution in [3.05, 3.63) is 116 Å². The fourth-order valence-electron chi connectivity index (χ4n) is 9.19. The zero-order valence-electron chi connectivity index (χ0n) is 34.6. The number of halogens is 1. The first-order valence-corrected chi connectivity index (χ1v) is 23.7. The number of ketones is 2. The van der Waals surface area contributed by atoms with Gasteiger partial charge in [-0.15, -0.1) is 0 Å². The Balaban J connectivity index is 1.29. The van der Waals surface area contributed by atoms with Gasteiger partial charge in [0.2, 0.25) is 11.6 Å². The number of benzene rings is 3. The fraction of sp³-hybridized carbons (Fsp3) is 0.457. The Kier molecular flexibility index (Phi) is 10.8. The first-order valence-electron chi connectivity index (χ1n) is 20.4. The Bertz CT molecular complexity index is 2240. The van der Waals surface area contributed by atoms with Gasteiger partial charge in [-0.1, -0.05) is 93.0 Å². The third-order valence-corrected chi connectivity index (χ3v) is 18.0. The minimum atomic E-state index is -2.90. The predicted octanol–water partition coefficient (Wildman–Crippen LogP) is 9.37. The number of fused-ring (bicyclic) bond motifs is 4. The van der Waals surface area contributed by atoms with Gasteiger partial charge in [0.15, 0.2) is 19.7 Å². The van der Waals surface area contributed by atoms with Crippen molar-refractivity contribution in [1.29, 1.82) is 0 Å². The molecule has 0 unspecified atom stereocenters. The van der Waals surface area contributed by atoms with Crippen LogP contribution in [0.4, 0.5) is 0 Å². The molecule has 0 bridgehead atoms. The Morgan fingerprint density at radius 2 is 1.57 bits per heavy atom. The number of likely N-dealkylation sites (tertiary alicyclic amines) is 1. The molecule has 3 aliphatic carbocycles. The van der Waals surface area contributed by atoms with Gasteiger partial charge < -0.3 is 23.5 Å². The number of carbonyl (C=O) groups excluding carboxylic acids is 2. The smallest absolute Gasteiger partial charge is 0.265 e. The van der Waals surface area contributed by atoms with Crippen LogP contribution < -0.4 is 9.47 Å². The lowest BCUT2D eigenvalue weighted by molar-refractivity contribution is -0.140. The van der Waals surface area contributed by atoms with Crippen LogP contribution in [0.2, 0.25) is 23.2 Å². The summed E-state index contributed by atoms with van der Waals surface area (Å²) in [6, 6.07) is 20.8. The van der Waals surface area contributed by atoms with E-state index in [4.69, 9.17) is 30.0 Å². The first kappa shape index (κ1) is 40.5. The number of hydrogen-bond donors (Lipinski definition) is 1. The average Bonchev–Trinajstić information content (AvgIpc) is 3.86. The van der Waals surface area contributed by atoms with E-state index >= 15 is 9.59 Å². The number of hydrogen-bond acceptors (Lipinski definition) is 10. The summed E-state index contributed by atoms with van der Waals surface area (Å²) in [5, 5.41) is 17.2. The van der Waals surface area contributed by atoms with Gasteiger partial charge in [0.1, 0.15) is 30.3 Å². The zero-order chi connectivity index (χ0) is 41.1. The number of aliphatic hydroxyl groups is 1. The highest BCUT2D eigenvalue weighted by molar-refractivity contribution is 6.74. The quantitative estimate of drug-likeness (QED) is 0.116. The van der Waals surface area contributed by atoms with Crippen molar-refractivity contribution in [2.45, 2.75) is 96.0 Å². The highest BCUT2D eigenvalue weighted by atomic mass is 35.5.